The lowest BCUT2D eigenvalue weighted by Crippen LogP contribution is -2.28. The fourth-order valence-corrected chi connectivity index (χ4v) is 4.18. The molecule has 0 fully saturated rings. The first-order chi connectivity index (χ1) is 17.0. The van der Waals surface area contributed by atoms with Crippen molar-refractivity contribution in [3.63, 3.8) is 0 Å². The normalized spacial score (nSPS) is 10.5. The molecule has 9 nitrogen and oxygen atoms in total. The summed E-state index contributed by atoms with van der Waals surface area (Å²) in [6, 6.07) is 9.28. The number of carbonyl (C=O) groups is 1. The van der Waals surface area contributed by atoms with Crippen molar-refractivity contribution in [2.75, 3.05) is 39.6 Å². The third kappa shape index (κ3) is 6.71. The molecule has 0 atom stereocenters. The largest absolute Gasteiger partial charge is 0.481 e. The molecule has 0 unspecified atom stereocenters. The van der Waals surface area contributed by atoms with Crippen LogP contribution in [0.4, 0.5) is 5.82 Å². The van der Waals surface area contributed by atoms with Crippen LogP contribution >= 0.6 is 11.3 Å². The minimum Gasteiger partial charge on any atom is -0.481 e. The maximum Gasteiger partial charge on any atom is 0.255 e. The highest BCUT2D eigenvalue weighted by atomic mass is 32.1. The number of methoxy groups -OCH3 is 1. The molecule has 0 aliphatic rings. The third-order valence-corrected chi connectivity index (χ3v) is 5.96. The maximum atomic E-state index is 13.0. The number of nitrogens with zero attached hydrogens (tertiary/aromatic N) is 5. The summed E-state index contributed by atoms with van der Waals surface area (Å²) < 4.78 is 9.98. The number of hydrogen-bond acceptors (Lipinski definition) is 9. The zero-order valence-electron chi connectivity index (χ0n) is 20.4. The molecule has 0 aliphatic heterocycles. The van der Waals surface area contributed by atoms with E-state index in [4.69, 9.17) is 15.2 Å². The van der Waals surface area contributed by atoms with Crippen molar-refractivity contribution < 1.29 is 14.3 Å². The van der Waals surface area contributed by atoms with Gasteiger partial charge in [-0.2, -0.15) is 0 Å². The summed E-state index contributed by atoms with van der Waals surface area (Å²) in [7, 11) is 3.35. The first kappa shape index (κ1) is 26.0. The summed E-state index contributed by atoms with van der Waals surface area (Å²) >= 11 is 1.37. The Kier molecular flexibility index (Phi) is 9.45. The molecular formula is C25H30N6O3S. The van der Waals surface area contributed by atoms with Crippen LogP contribution in [0.2, 0.25) is 0 Å². The van der Waals surface area contributed by atoms with Gasteiger partial charge >= 0.3 is 0 Å². The fourth-order valence-electron chi connectivity index (χ4n) is 3.26. The van der Waals surface area contributed by atoms with E-state index in [2.05, 4.69) is 19.9 Å². The molecule has 35 heavy (non-hydrogen) atoms. The Balaban J connectivity index is 0.000000623. The van der Waals surface area contributed by atoms with Gasteiger partial charge in [0.1, 0.15) is 16.3 Å². The van der Waals surface area contributed by atoms with Gasteiger partial charge in [-0.3, -0.25) is 9.78 Å². The highest BCUT2D eigenvalue weighted by molar-refractivity contribution is 7.17. The number of hydrogen-bond donors (Lipinski definition) is 1. The molecule has 0 bridgehead atoms. The second-order valence-electron chi connectivity index (χ2n) is 7.44. The summed E-state index contributed by atoms with van der Waals surface area (Å²) in [6.07, 6.45) is 4.05. The molecule has 0 radical (unpaired) electrons. The Morgan fingerprint density at radius 3 is 2.57 bits per heavy atom. The van der Waals surface area contributed by atoms with Gasteiger partial charge in [0.15, 0.2) is 5.82 Å². The van der Waals surface area contributed by atoms with Crippen molar-refractivity contribution in [1.82, 2.24) is 24.8 Å². The van der Waals surface area contributed by atoms with E-state index in [1.54, 1.807) is 36.8 Å². The van der Waals surface area contributed by atoms with Crippen LogP contribution in [0.1, 0.15) is 29.8 Å². The number of amides is 1. The van der Waals surface area contributed by atoms with E-state index in [9.17, 15) is 4.79 Å². The zero-order valence-corrected chi connectivity index (χ0v) is 21.2. The van der Waals surface area contributed by atoms with E-state index in [0.29, 0.717) is 46.1 Å². The van der Waals surface area contributed by atoms with E-state index in [1.165, 1.54) is 11.3 Å². The smallest absolute Gasteiger partial charge is 0.255 e. The van der Waals surface area contributed by atoms with Gasteiger partial charge < -0.3 is 20.1 Å². The molecule has 0 saturated heterocycles. The molecule has 2 N–H and O–H groups in total. The van der Waals surface area contributed by atoms with Crippen LogP contribution in [0.5, 0.6) is 5.88 Å². The van der Waals surface area contributed by atoms with E-state index in [0.717, 1.165) is 18.8 Å². The van der Waals surface area contributed by atoms with Crippen molar-refractivity contribution in [2.45, 2.75) is 20.3 Å². The number of rotatable bonds is 8. The summed E-state index contributed by atoms with van der Waals surface area (Å²) in [5.41, 5.74) is 8.40. The van der Waals surface area contributed by atoms with Gasteiger partial charge in [-0.15, -0.1) is 11.3 Å². The minimum atomic E-state index is -0.122. The maximum absolute atomic E-state index is 13.0. The molecule has 10 heteroatoms. The number of nitrogen functional groups attached to an aromatic ring is 1. The molecule has 4 aromatic rings. The first-order valence-electron chi connectivity index (χ1n) is 11.3. The quantitative estimate of drug-likeness (QED) is 0.389. The molecule has 1 amide bonds. The average molecular weight is 495 g/mol. The van der Waals surface area contributed by atoms with Crippen molar-refractivity contribution in [2.24, 2.45) is 0 Å². The lowest BCUT2D eigenvalue weighted by molar-refractivity contribution is 0.0799. The topological polar surface area (TPSA) is 116 Å². The van der Waals surface area contributed by atoms with Crippen LogP contribution in [0.15, 0.2) is 48.1 Å². The number of carbonyl (C=O) groups excluding carboxylic acids is 1. The number of pyridine rings is 2. The molecule has 4 rings (SSSR count). The van der Waals surface area contributed by atoms with Crippen molar-refractivity contribution >= 4 is 33.3 Å². The van der Waals surface area contributed by atoms with Crippen molar-refractivity contribution in [3.05, 3.63) is 59.2 Å². The zero-order chi connectivity index (χ0) is 25.2. The first-order valence-corrected chi connectivity index (χ1v) is 12.1. The van der Waals surface area contributed by atoms with Gasteiger partial charge in [0.25, 0.3) is 5.91 Å². The molecule has 184 valence electrons. The Morgan fingerprint density at radius 2 is 1.91 bits per heavy atom. The molecule has 4 heterocycles. The Labute approximate surface area is 209 Å². The van der Waals surface area contributed by atoms with Crippen LogP contribution < -0.4 is 10.5 Å². The van der Waals surface area contributed by atoms with Gasteiger partial charge in [-0.1, -0.05) is 6.07 Å². The second kappa shape index (κ2) is 12.7. The fraction of sp³-hybridized carbons (Fsp3) is 0.320. The number of thiophene rings is 1. The summed E-state index contributed by atoms with van der Waals surface area (Å²) in [5.74, 6) is 1.15. The van der Waals surface area contributed by atoms with Crippen LogP contribution in [0, 0.1) is 0 Å². The molecule has 0 saturated carbocycles. The van der Waals surface area contributed by atoms with Crippen molar-refractivity contribution in [3.8, 4) is 17.4 Å². The molecule has 4 aromatic heterocycles. The molecular weight excluding hydrogens is 464 g/mol. The minimum absolute atomic E-state index is 0.122. The van der Waals surface area contributed by atoms with Gasteiger partial charge in [-0.05, 0) is 44.0 Å². The predicted molar refractivity (Wildman–Crippen MR) is 139 cm³/mol. The molecule has 0 aromatic carbocycles. The summed E-state index contributed by atoms with van der Waals surface area (Å²) in [4.78, 5) is 32.7. The third-order valence-electron chi connectivity index (χ3n) is 5.09. The van der Waals surface area contributed by atoms with E-state index in [-0.39, 0.29) is 11.7 Å². The Hall–Kier alpha value is -3.63. The standard InChI is InChI=1S/C21H20N6O2S.C4H10O/c1-27(10-7-13-6-9-24-16(11-13)29-2)21(28)14-12-30-20-17(14)18(22)25-19(26-20)15-5-3-4-8-23-15;1-3-5-4-2/h3-6,8-9,11-12H,7,10H2,1-2H3,(H2,22,25,26);3-4H2,1-2H3. The Bertz CT molecular complexity index is 1250. The number of ether oxygens (including phenoxy) is 2. The van der Waals surface area contributed by atoms with Crippen LogP contribution in [0.25, 0.3) is 21.7 Å². The highest BCUT2D eigenvalue weighted by Crippen LogP contribution is 2.31. The molecule has 0 spiro atoms. The van der Waals surface area contributed by atoms with Crippen LogP contribution in [0.3, 0.4) is 0 Å². The van der Waals surface area contributed by atoms with Gasteiger partial charge in [0.2, 0.25) is 5.88 Å². The molecule has 0 aliphatic carbocycles. The average Bonchev–Trinajstić information content (AvgIpc) is 3.33. The van der Waals surface area contributed by atoms with E-state index in [1.807, 2.05) is 44.2 Å². The van der Waals surface area contributed by atoms with E-state index >= 15 is 0 Å². The van der Waals surface area contributed by atoms with Gasteiger partial charge in [0, 0.05) is 50.6 Å². The van der Waals surface area contributed by atoms with Gasteiger partial charge in [0.05, 0.1) is 18.1 Å². The lowest BCUT2D eigenvalue weighted by atomic mass is 10.1. The number of nitrogens with two attached hydrogens (primary N) is 1. The number of aromatic nitrogens is 4. The van der Waals surface area contributed by atoms with Crippen LogP contribution in [-0.2, 0) is 11.2 Å². The van der Waals surface area contributed by atoms with Crippen LogP contribution in [-0.4, -0.2) is 64.7 Å². The predicted octanol–water partition coefficient (Wildman–Crippen LogP) is 4.10. The monoisotopic (exact) mass is 494 g/mol. The Morgan fingerprint density at radius 1 is 1.11 bits per heavy atom. The number of likely N-dealkylation sites (N-methyl/N-ethyl adjacent to an activating group) is 1. The summed E-state index contributed by atoms with van der Waals surface area (Å²) in [6.45, 7) is 6.20. The van der Waals surface area contributed by atoms with E-state index < -0.39 is 0 Å². The van der Waals surface area contributed by atoms with Crippen molar-refractivity contribution in [1.29, 1.82) is 0 Å². The van der Waals surface area contributed by atoms with Gasteiger partial charge in [-0.25, -0.2) is 15.0 Å². The highest BCUT2D eigenvalue weighted by Gasteiger charge is 2.21. The lowest BCUT2D eigenvalue weighted by Gasteiger charge is -2.17. The number of anilines is 1. The SMILES string of the molecule is CCOCC.COc1cc(CCN(C)C(=O)c2csc3nc(-c4ccccn4)nc(N)c23)ccn1. The summed E-state index contributed by atoms with van der Waals surface area (Å²) in [5, 5.41) is 2.37. The second-order valence-corrected chi connectivity index (χ2v) is 8.30. The number of fused-ring (bicyclic) bond motifs is 1.